The van der Waals surface area contributed by atoms with Gasteiger partial charge in [-0.1, -0.05) is 0 Å². The van der Waals surface area contributed by atoms with E-state index >= 15 is 0 Å². The molecule has 0 fully saturated rings. The smallest absolute Gasteiger partial charge is 0.356 e. The molecular formula is C9H4O5. The summed E-state index contributed by atoms with van der Waals surface area (Å²) in [5, 5.41) is 0. The van der Waals surface area contributed by atoms with Crippen LogP contribution >= 0.6 is 0 Å². The predicted octanol–water partition coefficient (Wildman–Crippen LogP) is 1.13. The highest BCUT2D eigenvalue weighted by Crippen LogP contribution is 2.11. The average molecular weight is 192 g/mol. The van der Waals surface area contributed by atoms with E-state index in [1.54, 1.807) is 0 Å². The SMILES string of the molecule is O=C1OC(=O)c2ccc(cc2)C(=O)O1. The van der Waals surface area contributed by atoms with E-state index in [1.165, 1.54) is 24.3 Å². The van der Waals surface area contributed by atoms with Crippen LogP contribution in [0.25, 0.3) is 0 Å². The third-order valence-electron chi connectivity index (χ3n) is 1.71. The summed E-state index contributed by atoms with van der Waals surface area (Å²) in [6, 6.07) is 5.55. The number of hydrogen-bond acceptors (Lipinski definition) is 5. The Hall–Kier alpha value is -2.17. The van der Waals surface area contributed by atoms with Crippen molar-refractivity contribution >= 4 is 18.1 Å². The first-order valence-electron chi connectivity index (χ1n) is 3.75. The van der Waals surface area contributed by atoms with E-state index < -0.39 is 18.1 Å². The van der Waals surface area contributed by atoms with Crippen LogP contribution in [0.4, 0.5) is 4.79 Å². The Morgan fingerprint density at radius 2 is 1.07 bits per heavy atom. The molecule has 1 aromatic rings. The number of carbonyl (C=O) groups is 3. The lowest BCUT2D eigenvalue weighted by Crippen LogP contribution is -2.15. The summed E-state index contributed by atoms with van der Waals surface area (Å²) in [6.45, 7) is 0. The van der Waals surface area contributed by atoms with Gasteiger partial charge in [-0.15, -0.1) is 0 Å². The zero-order valence-electron chi connectivity index (χ0n) is 6.85. The Kier molecular flexibility index (Phi) is 1.78. The molecule has 5 heteroatoms. The van der Waals surface area contributed by atoms with Crippen molar-refractivity contribution in [1.29, 1.82) is 0 Å². The Labute approximate surface area is 78.2 Å². The van der Waals surface area contributed by atoms with Gasteiger partial charge in [0.1, 0.15) is 0 Å². The Morgan fingerprint density at radius 3 is 1.43 bits per heavy atom. The second-order valence-electron chi connectivity index (χ2n) is 2.61. The number of carbonyl (C=O) groups excluding carboxylic acids is 3. The predicted molar refractivity (Wildman–Crippen MR) is 42.7 cm³/mol. The largest absolute Gasteiger partial charge is 0.524 e. The molecule has 0 unspecified atom stereocenters. The number of rotatable bonds is 0. The van der Waals surface area contributed by atoms with Gasteiger partial charge in [-0.2, -0.15) is 0 Å². The maximum Gasteiger partial charge on any atom is 0.524 e. The first kappa shape index (κ1) is 8.43. The first-order valence-corrected chi connectivity index (χ1v) is 3.75. The summed E-state index contributed by atoms with van der Waals surface area (Å²) in [5.41, 5.74) is 0.390. The average Bonchev–Trinajstić information content (AvgIpc) is 2.23. The summed E-state index contributed by atoms with van der Waals surface area (Å²) in [4.78, 5) is 33.0. The molecule has 0 N–H and O–H groups in total. The molecule has 2 bridgehead atoms. The van der Waals surface area contributed by atoms with Gasteiger partial charge in [-0.25, -0.2) is 14.4 Å². The lowest BCUT2D eigenvalue weighted by atomic mass is 10.1. The number of fused-ring (bicyclic) bond motifs is 6. The molecule has 0 aromatic heterocycles. The fourth-order valence-corrected chi connectivity index (χ4v) is 1.03. The van der Waals surface area contributed by atoms with E-state index in [2.05, 4.69) is 9.47 Å². The highest BCUT2D eigenvalue weighted by Gasteiger charge is 2.21. The number of esters is 2. The summed E-state index contributed by atoms with van der Waals surface area (Å²) in [6.07, 6.45) is -1.30. The minimum absolute atomic E-state index is 0.195. The van der Waals surface area contributed by atoms with Gasteiger partial charge < -0.3 is 9.47 Å². The molecule has 0 atom stereocenters. The third kappa shape index (κ3) is 1.35. The lowest BCUT2D eigenvalue weighted by Gasteiger charge is -1.98. The van der Waals surface area contributed by atoms with Crippen LogP contribution in [0.3, 0.4) is 0 Å². The van der Waals surface area contributed by atoms with Crippen molar-refractivity contribution in [3.63, 3.8) is 0 Å². The van der Waals surface area contributed by atoms with Gasteiger partial charge >= 0.3 is 18.1 Å². The summed E-state index contributed by atoms with van der Waals surface area (Å²) >= 11 is 0. The standard InChI is InChI=1S/C9H4O5/c10-7-5-1-2-6(4-3-5)8(11)14-9(12)13-7/h1-4H. The molecule has 70 valence electrons. The van der Waals surface area contributed by atoms with Crippen LogP contribution in [0, 0.1) is 0 Å². The van der Waals surface area contributed by atoms with E-state index in [1.807, 2.05) is 0 Å². The maximum absolute atomic E-state index is 11.1. The normalized spacial score (nSPS) is 15.3. The molecule has 2 aliphatic heterocycles. The Balaban J connectivity index is 2.50. The zero-order chi connectivity index (χ0) is 10.1. The molecule has 0 spiro atoms. The Morgan fingerprint density at radius 1 is 0.714 bits per heavy atom. The van der Waals surface area contributed by atoms with Gasteiger partial charge in [-0.05, 0) is 24.3 Å². The van der Waals surface area contributed by atoms with Crippen LogP contribution in [0.5, 0.6) is 0 Å². The molecular weight excluding hydrogens is 188 g/mol. The highest BCUT2D eigenvalue weighted by molar-refractivity contribution is 6.02. The van der Waals surface area contributed by atoms with Crippen LogP contribution in [0.15, 0.2) is 24.3 Å². The fraction of sp³-hybridized carbons (Fsp3) is 0. The van der Waals surface area contributed by atoms with Crippen LogP contribution in [0.2, 0.25) is 0 Å². The van der Waals surface area contributed by atoms with Crippen molar-refractivity contribution in [1.82, 2.24) is 0 Å². The van der Waals surface area contributed by atoms with Crippen LogP contribution < -0.4 is 0 Å². The molecule has 1 aromatic carbocycles. The number of ether oxygens (including phenoxy) is 2. The molecule has 2 aliphatic rings. The van der Waals surface area contributed by atoms with E-state index in [4.69, 9.17) is 0 Å². The van der Waals surface area contributed by atoms with Crippen molar-refractivity contribution < 1.29 is 23.9 Å². The van der Waals surface area contributed by atoms with E-state index in [9.17, 15) is 14.4 Å². The van der Waals surface area contributed by atoms with E-state index in [0.29, 0.717) is 0 Å². The molecule has 0 saturated heterocycles. The van der Waals surface area contributed by atoms with Gasteiger partial charge in [-0.3, -0.25) is 0 Å². The molecule has 0 radical (unpaired) electrons. The van der Waals surface area contributed by atoms with Gasteiger partial charge in [0.15, 0.2) is 0 Å². The van der Waals surface area contributed by atoms with Crippen LogP contribution in [-0.2, 0) is 9.47 Å². The zero-order valence-corrected chi connectivity index (χ0v) is 6.85. The molecule has 14 heavy (non-hydrogen) atoms. The summed E-state index contributed by atoms with van der Waals surface area (Å²) in [7, 11) is 0. The number of benzene rings is 1. The van der Waals surface area contributed by atoms with Gasteiger partial charge in [0, 0.05) is 0 Å². The second kappa shape index (κ2) is 2.95. The third-order valence-corrected chi connectivity index (χ3v) is 1.71. The van der Waals surface area contributed by atoms with E-state index in [0.717, 1.165) is 0 Å². The molecule has 2 heterocycles. The van der Waals surface area contributed by atoms with Gasteiger partial charge in [0.25, 0.3) is 0 Å². The first-order chi connectivity index (χ1) is 6.66. The monoisotopic (exact) mass is 192 g/mol. The van der Waals surface area contributed by atoms with Crippen LogP contribution in [-0.4, -0.2) is 18.1 Å². The number of hydrogen-bond donors (Lipinski definition) is 0. The maximum atomic E-state index is 11.1. The highest BCUT2D eigenvalue weighted by atomic mass is 16.8. The van der Waals surface area contributed by atoms with Crippen molar-refractivity contribution in [2.75, 3.05) is 0 Å². The minimum Gasteiger partial charge on any atom is -0.356 e. The topological polar surface area (TPSA) is 69.7 Å². The van der Waals surface area contributed by atoms with Crippen LogP contribution in [0.1, 0.15) is 20.7 Å². The lowest BCUT2D eigenvalue weighted by molar-refractivity contribution is 0.0343. The van der Waals surface area contributed by atoms with Crippen molar-refractivity contribution in [3.05, 3.63) is 35.4 Å². The fourth-order valence-electron chi connectivity index (χ4n) is 1.03. The molecule has 3 rings (SSSR count). The molecule has 5 nitrogen and oxygen atoms in total. The Bertz CT molecular complexity index is 378. The van der Waals surface area contributed by atoms with Crippen molar-refractivity contribution in [2.24, 2.45) is 0 Å². The van der Waals surface area contributed by atoms with Gasteiger partial charge in [0.05, 0.1) is 11.1 Å². The minimum atomic E-state index is -1.30. The summed E-state index contributed by atoms with van der Waals surface area (Å²) in [5.74, 6) is -1.67. The van der Waals surface area contributed by atoms with E-state index in [-0.39, 0.29) is 11.1 Å². The van der Waals surface area contributed by atoms with Crippen molar-refractivity contribution in [3.8, 4) is 0 Å². The van der Waals surface area contributed by atoms with Crippen molar-refractivity contribution in [2.45, 2.75) is 0 Å². The summed E-state index contributed by atoms with van der Waals surface area (Å²) < 4.78 is 8.40. The van der Waals surface area contributed by atoms with Gasteiger partial charge in [0.2, 0.25) is 0 Å². The second-order valence-corrected chi connectivity index (χ2v) is 2.61. The molecule has 0 saturated carbocycles. The molecule has 0 amide bonds. The molecule has 0 aliphatic carbocycles. The quantitative estimate of drug-likeness (QED) is 0.455.